The molecule has 0 amide bonds. The molecule has 3 heteroatoms. The predicted octanol–water partition coefficient (Wildman–Crippen LogP) is 2.41. The van der Waals surface area contributed by atoms with Gasteiger partial charge in [0.1, 0.15) is 0 Å². The van der Waals surface area contributed by atoms with Gasteiger partial charge in [-0.05, 0) is 18.8 Å². The fourth-order valence-electron chi connectivity index (χ4n) is 2.51. The van der Waals surface area contributed by atoms with Gasteiger partial charge >= 0.3 is 0 Å². The smallest absolute Gasteiger partial charge is 0.285 e. The molecule has 0 saturated heterocycles. The molecule has 0 heterocycles. The molecule has 0 aromatic carbocycles. The van der Waals surface area contributed by atoms with Crippen LogP contribution in [0, 0.1) is 11.8 Å². The fourth-order valence-corrected chi connectivity index (χ4v) is 2.51. The molecule has 14 heavy (non-hydrogen) atoms. The van der Waals surface area contributed by atoms with E-state index in [4.69, 9.17) is 14.2 Å². The van der Waals surface area contributed by atoms with Crippen molar-refractivity contribution in [3.05, 3.63) is 0 Å². The van der Waals surface area contributed by atoms with Gasteiger partial charge in [0.2, 0.25) is 0 Å². The first-order chi connectivity index (χ1) is 6.68. The van der Waals surface area contributed by atoms with Crippen LogP contribution in [0.4, 0.5) is 0 Å². The Morgan fingerprint density at radius 1 is 1.00 bits per heavy atom. The average molecular weight is 202 g/mol. The molecule has 0 N–H and O–H groups in total. The summed E-state index contributed by atoms with van der Waals surface area (Å²) in [6.45, 7) is 2.28. The second-order valence-corrected chi connectivity index (χ2v) is 4.18. The molecule has 2 atom stereocenters. The molecule has 1 rings (SSSR count). The average Bonchev–Trinajstić information content (AvgIpc) is 2.22. The maximum atomic E-state index is 5.38. The third-order valence-electron chi connectivity index (χ3n) is 3.29. The summed E-state index contributed by atoms with van der Waals surface area (Å²) in [5.74, 6) is 0.272. The molecule has 0 bridgehead atoms. The first kappa shape index (κ1) is 12.0. The summed E-state index contributed by atoms with van der Waals surface area (Å²) in [5.41, 5.74) is 0. The van der Waals surface area contributed by atoms with Gasteiger partial charge in [-0.3, -0.25) is 0 Å². The number of ether oxygens (including phenoxy) is 3. The van der Waals surface area contributed by atoms with Gasteiger partial charge in [0, 0.05) is 27.2 Å². The Morgan fingerprint density at radius 3 is 2.00 bits per heavy atom. The van der Waals surface area contributed by atoms with Crippen LogP contribution in [-0.2, 0) is 14.2 Å². The molecule has 0 spiro atoms. The standard InChI is InChI=1S/C11H22O3/c1-9-6-5-7-10(8-9)11(12-2,13-3)14-4/h9-10H,5-8H2,1-4H3. The summed E-state index contributed by atoms with van der Waals surface area (Å²) in [6, 6.07) is 0. The molecular weight excluding hydrogens is 180 g/mol. The van der Waals surface area contributed by atoms with Gasteiger partial charge in [-0.25, -0.2) is 0 Å². The van der Waals surface area contributed by atoms with E-state index >= 15 is 0 Å². The van der Waals surface area contributed by atoms with E-state index in [1.807, 2.05) is 0 Å². The third-order valence-corrected chi connectivity index (χ3v) is 3.29. The summed E-state index contributed by atoms with van der Waals surface area (Å²) >= 11 is 0. The molecule has 0 aromatic rings. The zero-order chi connectivity index (χ0) is 10.6. The van der Waals surface area contributed by atoms with Crippen LogP contribution in [0.15, 0.2) is 0 Å². The highest BCUT2D eigenvalue weighted by Gasteiger charge is 2.41. The first-order valence-electron chi connectivity index (χ1n) is 5.34. The Hall–Kier alpha value is -0.120. The van der Waals surface area contributed by atoms with Crippen molar-refractivity contribution in [1.82, 2.24) is 0 Å². The fraction of sp³-hybridized carbons (Fsp3) is 1.00. The van der Waals surface area contributed by atoms with E-state index in [2.05, 4.69) is 6.92 Å². The summed E-state index contributed by atoms with van der Waals surface area (Å²) in [6.07, 6.45) is 4.79. The topological polar surface area (TPSA) is 27.7 Å². The van der Waals surface area contributed by atoms with Crippen LogP contribution >= 0.6 is 0 Å². The predicted molar refractivity (Wildman–Crippen MR) is 54.9 cm³/mol. The Labute approximate surface area is 86.7 Å². The van der Waals surface area contributed by atoms with Crippen LogP contribution in [0.3, 0.4) is 0 Å². The highest BCUT2D eigenvalue weighted by atomic mass is 16.9. The minimum absolute atomic E-state index is 0.353. The number of hydrogen-bond acceptors (Lipinski definition) is 3. The van der Waals surface area contributed by atoms with E-state index in [-0.39, 0.29) is 0 Å². The molecule has 84 valence electrons. The van der Waals surface area contributed by atoms with Crippen LogP contribution in [0.2, 0.25) is 0 Å². The zero-order valence-corrected chi connectivity index (χ0v) is 9.71. The monoisotopic (exact) mass is 202 g/mol. The second-order valence-electron chi connectivity index (χ2n) is 4.18. The molecule has 1 fully saturated rings. The van der Waals surface area contributed by atoms with Crippen molar-refractivity contribution in [2.75, 3.05) is 21.3 Å². The molecule has 2 unspecified atom stereocenters. The van der Waals surface area contributed by atoms with Gasteiger partial charge in [0.05, 0.1) is 0 Å². The minimum Gasteiger partial charge on any atom is -0.331 e. The largest absolute Gasteiger partial charge is 0.331 e. The molecule has 0 aliphatic heterocycles. The maximum absolute atomic E-state index is 5.38. The molecular formula is C11H22O3. The summed E-state index contributed by atoms with van der Waals surface area (Å²) < 4.78 is 16.1. The van der Waals surface area contributed by atoms with Gasteiger partial charge in [0.15, 0.2) is 0 Å². The van der Waals surface area contributed by atoms with Crippen LogP contribution < -0.4 is 0 Å². The lowest BCUT2D eigenvalue weighted by molar-refractivity contribution is -0.382. The van der Waals surface area contributed by atoms with Crippen molar-refractivity contribution in [3.8, 4) is 0 Å². The van der Waals surface area contributed by atoms with E-state index in [1.54, 1.807) is 21.3 Å². The van der Waals surface area contributed by atoms with Gasteiger partial charge in [-0.2, -0.15) is 0 Å². The normalized spacial score (nSPS) is 29.1. The zero-order valence-electron chi connectivity index (χ0n) is 9.71. The summed E-state index contributed by atoms with van der Waals surface area (Å²) in [5, 5.41) is 0. The Bertz CT molecular complexity index is 158. The maximum Gasteiger partial charge on any atom is 0.285 e. The molecule has 1 aliphatic rings. The Morgan fingerprint density at radius 2 is 1.57 bits per heavy atom. The molecule has 3 nitrogen and oxygen atoms in total. The third kappa shape index (κ3) is 2.27. The van der Waals surface area contributed by atoms with Crippen molar-refractivity contribution >= 4 is 0 Å². The number of rotatable bonds is 4. The van der Waals surface area contributed by atoms with E-state index in [9.17, 15) is 0 Å². The molecule has 0 aromatic heterocycles. The van der Waals surface area contributed by atoms with E-state index < -0.39 is 5.97 Å². The van der Waals surface area contributed by atoms with Crippen molar-refractivity contribution in [1.29, 1.82) is 0 Å². The Kier molecular flexibility index (Phi) is 4.35. The van der Waals surface area contributed by atoms with Crippen LogP contribution in [-0.4, -0.2) is 27.3 Å². The molecule has 1 aliphatic carbocycles. The van der Waals surface area contributed by atoms with Crippen LogP contribution in [0.25, 0.3) is 0 Å². The quantitative estimate of drug-likeness (QED) is 0.655. The highest BCUT2D eigenvalue weighted by Crippen LogP contribution is 2.38. The van der Waals surface area contributed by atoms with E-state index in [0.29, 0.717) is 5.92 Å². The minimum atomic E-state index is -0.825. The first-order valence-corrected chi connectivity index (χ1v) is 5.34. The number of methoxy groups -OCH3 is 3. The van der Waals surface area contributed by atoms with Gasteiger partial charge in [-0.15, -0.1) is 0 Å². The van der Waals surface area contributed by atoms with Gasteiger partial charge in [-0.1, -0.05) is 19.8 Å². The lowest BCUT2D eigenvalue weighted by Crippen LogP contribution is -2.45. The Balaban J connectivity index is 2.66. The van der Waals surface area contributed by atoms with E-state index in [0.717, 1.165) is 18.8 Å². The molecule has 0 radical (unpaired) electrons. The van der Waals surface area contributed by atoms with Crippen molar-refractivity contribution in [2.24, 2.45) is 11.8 Å². The van der Waals surface area contributed by atoms with E-state index in [1.165, 1.54) is 12.8 Å². The van der Waals surface area contributed by atoms with Crippen molar-refractivity contribution in [2.45, 2.75) is 38.6 Å². The lowest BCUT2D eigenvalue weighted by Gasteiger charge is -2.39. The lowest BCUT2D eigenvalue weighted by atomic mass is 9.81. The van der Waals surface area contributed by atoms with Crippen LogP contribution in [0.5, 0.6) is 0 Å². The highest BCUT2D eigenvalue weighted by molar-refractivity contribution is 4.77. The van der Waals surface area contributed by atoms with Gasteiger partial charge < -0.3 is 14.2 Å². The molecule has 1 saturated carbocycles. The van der Waals surface area contributed by atoms with Crippen LogP contribution in [0.1, 0.15) is 32.6 Å². The van der Waals surface area contributed by atoms with Gasteiger partial charge in [0.25, 0.3) is 5.97 Å². The summed E-state index contributed by atoms with van der Waals surface area (Å²) in [4.78, 5) is 0. The number of hydrogen-bond donors (Lipinski definition) is 0. The summed E-state index contributed by atoms with van der Waals surface area (Å²) in [7, 11) is 4.94. The van der Waals surface area contributed by atoms with Crippen molar-refractivity contribution < 1.29 is 14.2 Å². The second kappa shape index (κ2) is 5.10. The van der Waals surface area contributed by atoms with Crippen molar-refractivity contribution in [3.63, 3.8) is 0 Å². The SMILES string of the molecule is COC(OC)(OC)C1CCCC(C)C1.